The molecule has 10 heteroatoms. The van der Waals surface area contributed by atoms with Crippen molar-refractivity contribution in [3.63, 3.8) is 0 Å². The number of aromatic nitrogens is 2. The molecule has 3 saturated carbocycles. The van der Waals surface area contributed by atoms with Gasteiger partial charge in [0.25, 0.3) is 11.8 Å². The van der Waals surface area contributed by atoms with E-state index in [-0.39, 0.29) is 36.0 Å². The number of imide groups is 2. The molecule has 4 amide bonds. The van der Waals surface area contributed by atoms with E-state index < -0.39 is 23.8 Å². The van der Waals surface area contributed by atoms with Gasteiger partial charge in [0.15, 0.2) is 0 Å². The Morgan fingerprint density at radius 1 is 0.925 bits per heavy atom. The normalized spacial score (nSPS) is 30.2. The minimum atomic E-state index is -0.957. The Morgan fingerprint density at radius 3 is 2.38 bits per heavy atom. The van der Waals surface area contributed by atoms with Crippen LogP contribution >= 0.6 is 0 Å². The van der Waals surface area contributed by atoms with Crippen molar-refractivity contribution in [3.8, 4) is 0 Å². The van der Waals surface area contributed by atoms with Gasteiger partial charge in [-0.05, 0) is 93.4 Å². The first-order valence-electron chi connectivity index (χ1n) is 14.7. The maximum atomic E-state index is 13.1. The van der Waals surface area contributed by atoms with Crippen LogP contribution in [0, 0.1) is 5.92 Å². The van der Waals surface area contributed by atoms with E-state index in [2.05, 4.69) is 21.5 Å². The van der Waals surface area contributed by atoms with E-state index in [1.165, 1.54) is 24.1 Å². The van der Waals surface area contributed by atoms with Gasteiger partial charge >= 0.3 is 0 Å². The highest BCUT2D eigenvalue weighted by molar-refractivity contribution is 6.23. The molecule has 3 aliphatic carbocycles. The third kappa shape index (κ3) is 4.52. The van der Waals surface area contributed by atoms with Crippen LogP contribution in [-0.2, 0) is 9.59 Å². The summed E-state index contributed by atoms with van der Waals surface area (Å²) in [4.78, 5) is 50.8. The number of hydrogen-bond donors (Lipinski definition) is 3. The highest BCUT2D eigenvalue weighted by atomic mass is 16.3. The average molecular weight is 546 g/mol. The second-order valence-electron chi connectivity index (χ2n) is 12.3. The topological polar surface area (TPSA) is 134 Å². The van der Waals surface area contributed by atoms with Crippen LogP contribution in [0.2, 0.25) is 0 Å². The lowest BCUT2D eigenvalue weighted by Crippen LogP contribution is -2.54. The lowest BCUT2D eigenvalue weighted by atomic mass is 9.80. The van der Waals surface area contributed by atoms with Crippen LogP contribution in [0.15, 0.2) is 24.4 Å². The van der Waals surface area contributed by atoms with Crippen molar-refractivity contribution in [2.45, 2.75) is 94.2 Å². The van der Waals surface area contributed by atoms with E-state index >= 15 is 0 Å². The highest BCUT2D eigenvalue weighted by Crippen LogP contribution is 2.47. The molecule has 210 valence electrons. The standard InChI is InChI=1S/C30H35N5O5/c36-21-6-3-17(4-7-21)24-15-34(33-27(24)18-1-2-18)20-11-16(12-20)14-31-19-5-8-22-23(13-19)30(40)35(29(22)39)25-9-10-26(37)32-28(25)38/h5,8,13,15-18,20-21,25,31,36H,1-4,6-7,9-12,14H2,(H,32,37,38)/t16-,17?,20-,21?,25?. The summed E-state index contributed by atoms with van der Waals surface area (Å²) in [5.41, 5.74) is 4.06. The molecule has 1 aromatic carbocycles. The SMILES string of the molecule is O=C1CCC(N2C(=O)c3ccc(NC[C@H]4C[C@H](n5cc(C6CCC(O)CC6)c(C6CC6)n5)C4)cc3C2=O)C(=O)N1. The van der Waals surface area contributed by atoms with Gasteiger partial charge in [-0.1, -0.05) is 0 Å². The molecule has 1 unspecified atom stereocenters. The molecule has 0 radical (unpaired) electrons. The van der Waals surface area contributed by atoms with Crippen LogP contribution in [0.3, 0.4) is 0 Å². The summed E-state index contributed by atoms with van der Waals surface area (Å²) in [7, 11) is 0. The molecule has 0 spiro atoms. The monoisotopic (exact) mass is 545 g/mol. The van der Waals surface area contributed by atoms with Crippen LogP contribution in [-0.4, -0.2) is 62.1 Å². The molecular weight excluding hydrogens is 510 g/mol. The fourth-order valence-electron chi connectivity index (χ4n) is 6.91. The number of aliphatic hydroxyl groups is 1. The number of aliphatic hydroxyl groups excluding tert-OH is 1. The van der Waals surface area contributed by atoms with Gasteiger partial charge in [0.2, 0.25) is 11.8 Å². The number of piperidine rings is 1. The summed E-state index contributed by atoms with van der Waals surface area (Å²) in [5, 5.41) is 20.7. The number of carbonyl (C=O) groups is 4. The third-order valence-electron chi connectivity index (χ3n) is 9.51. The second-order valence-corrected chi connectivity index (χ2v) is 12.3. The summed E-state index contributed by atoms with van der Waals surface area (Å²) >= 11 is 0. The van der Waals surface area contributed by atoms with Gasteiger partial charge in [0.05, 0.1) is 29.0 Å². The van der Waals surface area contributed by atoms with Crippen LogP contribution in [0.1, 0.15) is 114 Å². The summed E-state index contributed by atoms with van der Waals surface area (Å²) in [6.07, 6.45) is 10.8. The number of anilines is 1. The number of rotatable bonds is 7. The lowest BCUT2D eigenvalue weighted by molar-refractivity contribution is -0.136. The number of amides is 4. The molecule has 10 nitrogen and oxygen atoms in total. The molecule has 5 aliphatic rings. The Morgan fingerprint density at radius 2 is 1.65 bits per heavy atom. The highest BCUT2D eigenvalue weighted by Gasteiger charge is 2.45. The number of carbonyl (C=O) groups excluding carboxylic acids is 4. The van der Waals surface area contributed by atoms with Crippen molar-refractivity contribution in [1.82, 2.24) is 20.0 Å². The number of nitrogens with one attached hydrogen (secondary N) is 2. The predicted molar refractivity (Wildman–Crippen MR) is 145 cm³/mol. The molecule has 2 aromatic rings. The van der Waals surface area contributed by atoms with Crippen molar-refractivity contribution in [2.75, 3.05) is 11.9 Å². The van der Waals surface area contributed by atoms with Gasteiger partial charge in [0, 0.05) is 30.8 Å². The quantitative estimate of drug-likeness (QED) is 0.455. The largest absolute Gasteiger partial charge is 0.393 e. The molecule has 7 rings (SSSR count). The molecule has 3 N–H and O–H groups in total. The first-order chi connectivity index (χ1) is 19.4. The fraction of sp³-hybridized carbons (Fsp3) is 0.567. The Bertz CT molecular complexity index is 1380. The molecule has 1 aromatic heterocycles. The Hall–Kier alpha value is -3.53. The summed E-state index contributed by atoms with van der Waals surface area (Å²) < 4.78 is 2.20. The minimum absolute atomic E-state index is 0.103. The predicted octanol–water partition coefficient (Wildman–Crippen LogP) is 3.24. The lowest BCUT2D eigenvalue weighted by Gasteiger charge is -2.35. The number of hydrogen-bond acceptors (Lipinski definition) is 7. The summed E-state index contributed by atoms with van der Waals surface area (Å²) in [5.74, 6) is -0.352. The van der Waals surface area contributed by atoms with Crippen LogP contribution in [0.5, 0.6) is 0 Å². The van der Waals surface area contributed by atoms with E-state index in [1.54, 1.807) is 18.2 Å². The van der Waals surface area contributed by atoms with Crippen molar-refractivity contribution in [2.24, 2.45) is 5.92 Å². The fourth-order valence-corrected chi connectivity index (χ4v) is 6.91. The Balaban J connectivity index is 0.965. The molecule has 1 atom stereocenters. The van der Waals surface area contributed by atoms with Crippen molar-refractivity contribution in [1.29, 1.82) is 0 Å². The number of nitrogens with zero attached hydrogens (tertiary/aromatic N) is 3. The molecule has 4 fully saturated rings. The Kier molecular flexibility index (Phi) is 6.25. The van der Waals surface area contributed by atoms with Crippen LogP contribution < -0.4 is 10.6 Å². The summed E-state index contributed by atoms with van der Waals surface area (Å²) in [6.45, 7) is 0.762. The maximum Gasteiger partial charge on any atom is 0.262 e. The van der Waals surface area contributed by atoms with Crippen LogP contribution in [0.25, 0.3) is 0 Å². The molecule has 1 saturated heterocycles. The number of benzene rings is 1. The zero-order valence-corrected chi connectivity index (χ0v) is 22.5. The first kappa shape index (κ1) is 25.4. The van der Waals surface area contributed by atoms with Gasteiger partial charge in [-0.3, -0.25) is 34.1 Å². The van der Waals surface area contributed by atoms with Gasteiger partial charge < -0.3 is 10.4 Å². The molecule has 40 heavy (non-hydrogen) atoms. The number of fused-ring (bicyclic) bond motifs is 1. The van der Waals surface area contributed by atoms with Gasteiger partial charge in [-0.15, -0.1) is 0 Å². The zero-order valence-electron chi connectivity index (χ0n) is 22.5. The average Bonchev–Trinajstić information content (AvgIpc) is 3.63. The van der Waals surface area contributed by atoms with Gasteiger partial charge in [-0.25, -0.2) is 0 Å². The van der Waals surface area contributed by atoms with Gasteiger partial charge in [0.1, 0.15) is 6.04 Å². The smallest absolute Gasteiger partial charge is 0.262 e. The van der Waals surface area contributed by atoms with E-state index in [0.29, 0.717) is 23.8 Å². The minimum Gasteiger partial charge on any atom is -0.393 e. The molecule has 2 aliphatic heterocycles. The van der Waals surface area contributed by atoms with Crippen LogP contribution in [0.4, 0.5) is 5.69 Å². The second kappa shape index (κ2) is 9.83. The maximum absolute atomic E-state index is 13.1. The van der Waals surface area contributed by atoms with E-state index in [9.17, 15) is 24.3 Å². The summed E-state index contributed by atoms with van der Waals surface area (Å²) in [6, 6.07) is 4.58. The van der Waals surface area contributed by atoms with Crippen molar-refractivity contribution < 1.29 is 24.3 Å². The third-order valence-corrected chi connectivity index (χ3v) is 9.51. The molecule has 3 heterocycles. The van der Waals surface area contributed by atoms with E-state index in [0.717, 1.165) is 55.7 Å². The van der Waals surface area contributed by atoms with E-state index in [1.807, 2.05) is 0 Å². The zero-order chi connectivity index (χ0) is 27.5. The van der Waals surface area contributed by atoms with E-state index in [4.69, 9.17) is 5.10 Å². The van der Waals surface area contributed by atoms with Crippen molar-refractivity contribution >= 4 is 29.3 Å². The van der Waals surface area contributed by atoms with Gasteiger partial charge in [-0.2, -0.15) is 5.10 Å². The Labute approximate surface area is 232 Å². The molecular formula is C30H35N5O5. The first-order valence-corrected chi connectivity index (χ1v) is 14.7. The molecule has 0 bridgehead atoms. The van der Waals surface area contributed by atoms with Crippen molar-refractivity contribution in [3.05, 3.63) is 46.8 Å².